The third kappa shape index (κ3) is 5.31. The summed E-state index contributed by atoms with van der Waals surface area (Å²) in [6.07, 6.45) is 1.35. The Labute approximate surface area is 174 Å². The second-order valence-electron chi connectivity index (χ2n) is 6.35. The summed E-state index contributed by atoms with van der Waals surface area (Å²) < 4.78 is 51.3. The van der Waals surface area contributed by atoms with Gasteiger partial charge in [-0.1, -0.05) is 42.5 Å². The van der Waals surface area contributed by atoms with Crippen LogP contribution in [0.25, 0.3) is 11.1 Å². The molecule has 0 atom stereocenters. The van der Waals surface area contributed by atoms with Gasteiger partial charge in [0.15, 0.2) is 9.84 Å². The van der Waals surface area contributed by atoms with Crippen LogP contribution in [0.1, 0.15) is 12.0 Å². The molecular weight excluding hydrogens is 430 g/mol. The van der Waals surface area contributed by atoms with Crippen molar-refractivity contribution in [3.8, 4) is 11.1 Å². The summed E-state index contributed by atoms with van der Waals surface area (Å²) in [6.45, 7) is 0. The first-order valence-corrected chi connectivity index (χ1v) is 12.8. The van der Waals surface area contributed by atoms with Crippen LogP contribution in [0.4, 0.5) is 0 Å². The van der Waals surface area contributed by atoms with Gasteiger partial charge in [0.25, 0.3) is 10.0 Å². The van der Waals surface area contributed by atoms with Crippen LogP contribution in [0, 0.1) is 0 Å². The van der Waals surface area contributed by atoms with Gasteiger partial charge >= 0.3 is 0 Å². The normalized spacial score (nSPS) is 12.8. The lowest BCUT2D eigenvalue weighted by Crippen LogP contribution is -2.20. The molecule has 0 N–H and O–H groups in total. The number of benzene rings is 2. The minimum absolute atomic E-state index is 0.0313. The van der Waals surface area contributed by atoms with E-state index in [0.717, 1.165) is 28.7 Å². The van der Waals surface area contributed by atoms with Crippen LogP contribution < -0.4 is 5.11 Å². The van der Waals surface area contributed by atoms with Gasteiger partial charge in [-0.05, 0) is 59.0 Å². The van der Waals surface area contributed by atoms with Crippen molar-refractivity contribution in [2.24, 2.45) is 4.40 Å². The Balaban J connectivity index is 1.85. The fraction of sp³-hybridized carbons (Fsp3) is 0.150. The number of nitrogens with zero attached hydrogens (tertiary/aromatic N) is 1. The lowest BCUT2D eigenvalue weighted by Gasteiger charge is -2.13. The van der Waals surface area contributed by atoms with E-state index in [9.17, 15) is 21.9 Å². The molecule has 6 nitrogen and oxygen atoms in total. The molecule has 0 bridgehead atoms. The van der Waals surface area contributed by atoms with Crippen LogP contribution >= 0.6 is 11.3 Å². The third-order valence-corrected chi connectivity index (χ3v) is 7.95. The monoisotopic (exact) mass is 448 g/mol. The largest absolute Gasteiger partial charge is 0.861 e. The SMILES string of the molecule is CS(=O)(=O)c1cccc(-c2ccccc2CC/C([O-])=N\S(=O)(=O)c2cccs2)c1. The molecule has 0 aliphatic heterocycles. The highest BCUT2D eigenvalue weighted by atomic mass is 32.2. The van der Waals surface area contributed by atoms with Crippen molar-refractivity contribution in [1.29, 1.82) is 0 Å². The fourth-order valence-corrected chi connectivity index (χ4v) is 5.37. The van der Waals surface area contributed by atoms with E-state index in [4.69, 9.17) is 0 Å². The number of rotatable bonds is 7. The zero-order valence-corrected chi connectivity index (χ0v) is 17.9. The van der Waals surface area contributed by atoms with E-state index in [0.29, 0.717) is 5.56 Å². The molecule has 0 unspecified atom stereocenters. The van der Waals surface area contributed by atoms with Gasteiger partial charge in [0, 0.05) is 6.26 Å². The molecule has 0 saturated carbocycles. The number of aryl methyl sites for hydroxylation is 1. The first-order valence-electron chi connectivity index (χ1n) is 8.59. The zero-order chi connectivity index (χ0) is 21.1. The van der Waals surface area contributed by atoms with Gasteiger partial charge in [-0.25, -0.2) is 8.42 Å². The molecule has 0 fully saturated rings. The summed E-state index contributed by atoms with van der Waals surface area (Å²) in [7, 11) is -7.33. The van der Waals surface area contributed by atoms with Crippen molar-refractivity contribution in [1.82, 2.24) is 0 Å². The zero-order valence-electron chi connectivity index (χ0n) is 15.5. The van der Waals surface area contributed by atoms with E-state index < -0.39 is 25.8 Å². The topological polar surface area (TPSA) is 104 Å². The van der Waals surface area contributed by atoms with Gasteiger partial charge in [-0.3, -0.25) is 0 Å². The van der Waals surface area contributed by atoms with Gasteiger partial charge in [0.05, 0.1) is 4.90 Å². The van der Waals surface area contributed by atoms with Crippen molar-refractivity contribution in [3.05, 3.63) is 71.6 Å². The van der Waals surface area contributed by atoms with Crippen LogP contribution in [-0.2, 0) is 26.3 Å². The molecule has 3 rings (SSSR count). The molecule has 9 heteroatoms. The number of sulfonamides is 1. The molecule has 0 aliphatic carbocycles. The maximum atomic E-state index is 12.1. The van der Waals surface area contributed by atoms with Crippen LogP contribution in [0.15, 0.2) is 79.5 Å². The summed E-state index contributed by atoms with van der Waals surface area (Å²) in [5.74, 6) is -0.724. The average molecular weight is 449 g/mol. The molecule has 0 saturated heterocycles. The molecule has 0 amide bonds. The Kier molecular flexibility index (Phi) is 6.21. The Morgan fingerprint density at radius 2 is 1.76 bits per heavy atom. The molecule has 0 spiro atoms. The van der Waals surface area contributed by atoms with E-state index in [1.165, 1.54) is 12.1 Å². The number of hydrogen-bond donors (Lipinski definition) is 0. The Morgan fingerprint density at radius 1 is 1.00 bits per heavy atom. The molecule has 2 aromatic carbocycles. The Morgan fingerprint density at radius 3 is 2.45 bits per heavy atom. The second kappa shape index (κ2) is 8.48. The van der Waals surface area contributed by atoms with E-state index in [-0.39, 0.29) is 21.9 Å². The van der Waals surface area contributed by atoms with Crippen LogP contribution in [0.5, 0.6) is 0 Å². The predicted molar refractivity (Wildman–Crippen MR) is 112 cm³/mol. The molecule has 0 aliphatic rings. The minimum atomic E-state index is -3.98. The number of sulfone groups is 1. The highest BCUT2D eigenvalue weighted by Crippen LogP contribution is 2.27. The lowest BCUT2D eigenvalue weighted by atomic mass is 9.97. The van der Waals surface area contributed by atoms with Crippen molar-refractivity contribution in [2.45, 2.75) is 21.9 Å². The van der Waals surface area contributed by atoms with E-state index in [1.54, 1.807) is 29.6 Å². The third-order valence-electron chi connectivity index (χ3n) is 4.17. The summed E-state index contributed by atoms with van der Waals surface area (Å²) >= 11 is 1.01. The predicted octanol–water partition coefficient (Wildman–Crippen LogP) is 2.90. The summed E-state index contributed by atoms with van der Waals surface area (Å²) in [5.41, 5.74) is 2.29. The summed E-state index contributed by atoms with van der Waals surface area (Å²) in [4.78, 5) is 0.206. The summed E-state index contributed by atoms with van der Waals surface area (Å²) in [6, 6.07) is 16.8. The Hall–Kier alpha value is -2.49. The highest BCUT2D eigenvalue weighted by Gasteiger charge is 2.13. The van der Waals surface area contributed by atoms with E-state index >= 15 is 0 Å². The maximum absolute atomic E-state index is 12.1. The molecule has 1 heterocycles. The van der Waals surface area contributed by atoms with Gasteiger partial charge in [-0.15, -0.1) is 11.3 Å². The maximum Gasteiger partial charge on any atom is 0.290 e. The number of thiophene rings is 1. The van der Waals surface area contributed by atoms with E-state index in [2.05, 4.69) is 4.40 Å². The minimum Gasteiger partial charge on any atom is -0.861 e. The van der Waals surface area contributed by atoms with Gasteiger partial charge in [0.2, 0.25) is 0 Å². The highest BCUT2D eigenvalue weighted by molar-refractivity contribution is 7.92. The van der Waals surface area contributed by atoms with Crippen molar-refractivity contribution < 1.29 is 21.9 Å². The second-order valence-corrected chi connectivity index (χ2v) is 11.1. The molecule has 1 aromatic heterocycles. The average Bonchev–Trinajstić information content (AvgIpc) is 3.22. The van der Waals surface area contributed by atoms with Gasteiger partial charge in [0.1, 0.15) is 4.21 Å². The molecular formula is C20H18NO5S3-. The molecule has 0 radical (unpaired) electrons. The lowest BCUT2D eigenvalue weighted by molar-refractivity contribution is -0.218. The van der Waals surface area contributed by atoms with Crippen molar-refractivity contribution >= 4 is 37.1 Å². The number of hydrogen-bond acceptors (Lipinski definition) is 6. The van der Waals surface area contributed by atoms with Gasteiger partial charge in [-0.2, -0.15) is 12.8 Å². The van der Waals surface area contributed by atoms with Crippen molar-refractivity contribution in [3.63, 3.8) is 0 Å². The first-order chi connectivity index (χ1) is 13.7. The van der Waals surface area contributed by atoms with Crippen LogP contribution in [-0.4, -0.2) is 29.0 Å². The first kappa shape index (κ1) is 21.2. The van der Waals surface area contributed by atoms with E-state index in [1.807, 2.05) is 24.3 Å². The van der Waals surface area contributed by atoms with Crippen LogP contribution in [0.2, 0.25) is 0 Å². The smallest absolute Gasteiger partial charge is 0.290 e. The fourth-order valence-electron chi connectivity index (χ4n) is 2.79. The Bertz CT molecular complexity index is 1240. The quantitative estimate of drug-likeness (QED) is 0.408. The molecule has 29 heavy (non-hydrogen) atoms. The van der Waals surface area contributed by atoms with Crippen molar-refractivity contribution in [2.75, 3.05) is 6.26 Å². The van der Waals surface area contributed by atoms with Gasteiger partial charge < -0.3 is 5.11 Å². The van der Waals surface area contributed by atoms with Crippen LogP contribution in [0.3, 0.4) is 0 Å². The standard InChI is InChI=1S/C20H19NO5S3/c1-28(23,24)17-8-4-7-16(14-17)18-9-3-2-6-15(18)11-12-19(22)21-29(25,26)20-10-5-13-27-20/h2-10,13-14H,11-12H2,1H3,(H,21,22)/p-1. The molecule has 3 aromatic rings. The molecule has 152 valence electrons. The summed E-state index contributed by atoms with van der Waals surface area (Å²) in [5, 5.41) is 13.7.